The summed E-state index contributed by atoms with van der Waals surface area (Å²) in [6.45, 7) is 4.59. The standard InChI is InChI=1S/C14H20O2/c1-11-3-5-13(16)6-4-12(2)8-10(15)9(7-11)14(11,12)13/h9,16H,3-8H2,1-2H3/t9-,11+,12+,13-,14?/m0/s1. The number of ketones is 1. The summed E-state index contributed by atoms with van der Waals surface area (Å²) in [6, 6.07) is 0. The Morgan fingerprint density at radius 2 is 1.75 bits per heavy atom. The van der Waals surface area contributed by atoms with Crippen molar-refractivity contribution in [3.63, 3.8) is 0 Å². The van der Waals surface area contributed by atoms with E-state index in [0.717, 1.165) is 38.5 Å². The maximum Gasteiger partial charge on any atom is 0.137 e. The van der Waals surface area contributed by atoms with E-state index in [1.807, 2.05) is 0 Å². The van der Waals surface area contributed by atoms with Gasteiger partial charge in [0.05, 0.1) is 5.60 Å². The van der Waals surface area contributed by atoms with Crippen LogP contribution in [0, 0.1) is 22.2 Å². The second-order valence-corrected chi connectivity index (χ2v) is 7.36. The molecule has 1 spiro atoms. The van der Waals surface area contributed by atoms with Crippen LogP contribution in [0.5, 0.6) is 0 Å². The fraction of sp³-hybridized carbons (Fsp3) is 0.929. The van der Waals surface area contributed by atoms with Gasteiger partial charge < -0.3 is 5.11 Å². The second kappa shape index (κ2) is 2.14. The lowest BCUT2D eigenvalue weighted by molar-refractivity contribution is -0.214. The molecule has 4 rings (SSSR count). The summed E-state index contributed by atoms with van der Waals surface area (Å²) in [6.07, 6.45) is 5.83. The molecule has 0 aromatic heterocycles. The van der Waals surface area contributed by atoms with Crippen LogP contribution in [-0.2, 0) is 4.79 Å². The third kappa shape index (κ3) is 0.591. The van der Waals surface area contributed by atoms with Gasteiger partial charge in [-0.1, -0.05) is 13.8 Å². The number of hydrogen-bond donors (Lipinski definition) is 1. The molecular formula is C14H20O2. The second-order valence-electron chi connectivity index (χ2n) is 7.36. The molecule has 0 aromatic rings. The summed E-state index contributed by atoms with van der Waals surface area (Å²) >= 11 is 0. The molecule has 0 aromatic carbocycles. The molecule has 0 saturated heterocycles. The Labute approximate surface area is 96.4 Å². The third-order valence-corrected chi connectivity index (χ3v) is 6.95. The van der Waals surface area contributed by atoms with Crippen molar-refractivity contribution in [2.24, 2.45) is 22.2 Å². The van der Waals surface area contributed by atoms with Gasteiger partial charge in [-0.15, -0.1) is 0 Å². The molecule has 1 N–H and O–H groups in total. The maximum atomic E-state index is 12.1. The first-order chi connectivity index (χ1) is 7.39. The molecule has 1 unspecified atom stereocenters. The van der Waals surface area contributed by atoms with Crippen molar-refractivity contribution in [3.05, 3.63) is 0 Å². The van der Waals surface area contributed by atoms with Crippen molar-refractivity contribution in [2.75, 3.05) is 0 Å². The predicted molar refractivity (Wildman–Crippen MR) is 59.8 cm³/mol. The zero-order valence-corrected chi connectivity index (χ0v) is 10.2. The Morgan fingerprint density at radius 1 is 1.12 bits per heavy atom. The van der Waals surface area contributed by atoms with E-state index in [-0.39, 0.29) is 22.2 Å². The molecule has 4 aliphatic rings. The minimum absolute atomic E-state index is 0.0376. The minimum atomic E-state index is -0.508. The normalized spacial score (nSPS) is 66.7. The van der Waals surface area contributed by atoms with Crippen LogP contribution >= 0.6 is 0 Å². The molecule has 0 amide bonds. The molecule has 88 valence electrons. The van der Waals surface area contributed by atoms with Crippen molar-refractivity contribution in [1.82, 2.24) is 0 Å². The van der Waals surface area contributed by atoms with Crippen LogP contribution in [0.2, 0.25) is 0 Å². The highest BCUT2D eigenvalue weighted by molar-refractivity contribution is 5.88. The highest BCUT2D eigenvalue weighted by Crippen LogP contribution is 2.86. The lowest BCUT2D eigenvalue weighted by Gasteiger charge is -2.63. The summed E-state index contributed by atoms with van der Waals surface area (Å²) < 4.78 is 0. The lowest BCUT2D eigenvalue weighted by atomic mass is 9.40. The smallest absolute Gasteiger partial charge is 0.137 e. The Hall–Kier alpha value is -0.370. The predicted octanol–water partition coefficient (Wildman–Crippen LogP) is 2.30. The summed E-state index contributed by atoms with van der Waals surface area (Å²) in [5.74, 6) is 0.637. The van der Waals surface area contributed by atoms with Gasteiger partial charge in [0.1, 0.15) is 5.78 Å². The Bertz CT molecular complexity index is 413. The van der Waals surface area contributed by atoms with E-state index in [4.69, 9.17) is 0 Å². The molecule has 5 atom stereocenters. The van der Waals surface area contributed by atoms with E-state index in [0.29, 0.717) is 5.78 Å². The summed E-state index contributed by atoms with van der Waals surface area (Å²) in [4.78, 5) is 12.1. The van der Waals surface area contributed by atoms with Crippen LogP contribution in [0.25, 0.3) is 0 Å². The van der Waals surface area contributed by atoms with Gasteiger partial charge in [0.15, 0.2) is 0 Å². The number of aliphatic hydroxyl groups is 1. The fourth-order valence-electron chi connectivity index (χ4n) is 6.72. The molecule has 0 bridgehead atoms. The molecule has 0 aliphatic heterocycles. The van der Waals surface area contributed by atoms with Crippen LogP contribution in [0.15, 0.2) is 0 Å². The number of rotatable bonds is 0. The van der Waals surface area contributed by atoms with Gasteiger partial charge in [0.2, 0.25) is 0 Å². The van der Waals surface area contributed by atoms with E-state index >= 15 is 0 Å². The van der Waals surface area contributed by atoms with Gasteiger partial charge in [-0.2, -0.15) is 0 Å². The Morgan fingerprint density at radius 3 is 2.44 bits per heavy atom. The summed E-state index contributed by atoms with van der Waals surface area (Å²) in [5.41, 5.74) is -0.188. The molecule has 4 fully saturated rings. The number of Topliss-reactive ketones (excluding diaryl/α,β-unsaturated/α-hetero) is 1. The van der Waals surface area contributed by atoms with Gasteiger partial charge >= 0.3 is 0 Å². The van der Waals surface area contributed by atoms with Gasteiger partial charge in [-0.3, -0.25) is 4.79 Å². The average Bonchev–Trinajstić information content (AvgIpc) is 2.59. The molecule has 0 heterocycles. The number of hydrogen-bond acceptors (Lipinski definition) is 2. The van der Waals surface area contributed by atoms with Crippen LogP contribution in [-0.4, -0.2) is 16.5 Å². The molecule has 4 saturated carbocycles. The summed E-state index contributed by atoms with van der Waals surface area (Å²) in [7, 11) is 0. The highest BCUT2D eigenvalue weighted by atomic mass is 16.3. The zero-order chi connectivity index (χ0) is 11.4. The quantitative estimate of drug-likeness (QED) is 0.680. The van der Waals surface area contributed by atoms with Crippen molar-refractivity contribution in [3.8, 4) is 0 Å². The Balaban J connectivity index is 2.01. The van der Waals surface area contributed by atoms with Crippen molar-refractivity contribution in [2.45, 2.75) is 58.0 Å². The Kier molecular flexibility index (Phi) is 1.29. The van der Waals surface area contributed by atoms with E-state index in [2.05, 4.69) is 13.8 Å². The largest absolute Gasteiger partial charge is 0.389 e. The van der Waals surface area contributed by atoms with Crippen LogP contribution in [0.1, 0.15) is 52.4 Å². The first-order valence-corrected chi connectivity index (χ1v) is 6.64. The molecule has 16 heavy (non-hydrogen) atoms. The van der Waals surface area contributed by atoms with Gasteiger partial charge in [0.25, 0.3) is 0 Å². The van der Waals surface area contributed by atoms with Gasteiger partial charge in [-0.05, 0) is 42.9 Å². The number of carbonyl (C=O) groups is 1. The van der Waals surface area contributed by atoms with Crippen LogP contribution < -0.4 is 0 Å². The van der Waals surface area contributed by atoms with Crippen LogP contribution in [0.3, 0.4) is 0 Å². The molecule has 4 aliphatic carbocycles. The van der Waals surface area contributed by atoms with Crippen molar-refractivity contribution in [1.29, 1.82) is 0 Å². The topological polar surface area (TPSA) is 37.3 Å². The average molecular weight is 220 g/mol. The van der Waals surface area contributed by atoms with E-state index in [9.17, 15) is 9.90 Å². The van der Waals surface area contributed by atoms with Crippen LogP contribution in [0.4, 0.5) is 0 Å². The van der Waals surface area contributed by atoms with E-state index in [1.54, 1.807) is 0 Å². The summed E-state index contributed by atoms with van der Waals surface area (Å²) in [5, 5.41) is 11.0. The van der Waals surface area contributed by atoms with E-state index in [1.165, 1.54) is 0 Å². The molecule has 2 heteroatoms. The molecule has 2 nitrogen and oxygen atoms in total. The fourth-order valence-corrected chi connectivity index (χ4v) is 6.72. The zero-order valence-electron chi connectivity index (χ0n) is 10.2. The van der Waals surface area contributed by atoms with Gasteiger partial charge in [-0.25, -0.2) is 0 Å². The van der Waals surface area contributed by atoms with E-state index < -0.39 is 5.60 Å². The van der Waals surface area contributed by atoms with Crippen molar-refractivity contribution >= 4 is 5.78 Å². The molecule has 0 radical (unpaired) electrons. The first kappa shape index (κ1) is 9.64. The monoisotopic (exact) mass is 220 g/mol. The number of carbonyl (C=O) groups excluding carboxylic acids is 1. The highest BCUT2D eigenvalue weighted by Gasteiger charge is 2.86. The molecular weight excluding hydrogens is 200 g/mol. The van der Waals surface area contributed by atoms with Gasteiger partial charge in [0, 0.05) is 17.8 Å². The van der Waals surface area contributed by atoms with Crippen molar-refractivity contribution < 1.29 is 9.90 Å². The first-order valence-electron chi connectivity index (χ1n) is 6.64. The minimum Gasteiger partial charge on any atom is -0.389 e. The third-order valence-electron chi connectivity index (χ3n) is 6.95. The maximum absolute atomic E-state index is 12.1. The lowest BCUT2D eigenvalue weighted by Crippen LogP contribution is -2.64. The SMILES string of the molecule is C[C@@]12CC[C@@]3(O)CC[C@]4(C)C[C@@H](C(=O)C1)C243.